The van der Waals surface area contributed by atoms with E-state index in [1.165, 1.54) is 0 Å². The van der Waals surface area contributed by atoms with Crippen molar-refractivity contribution in [1.82, 2.24) is 0 Å². The molecule has 0 aromatic rings. The van der Waals surface area contributed by atoms with Gasteiger partial charge in [0, 0.05) is 0 Å². The van der Waals surface area contributed by atoms with Gasteiger partial charge in [0.15, 0.2) is 0 Å². The van der Waals surface area contributed by atoms with Crippen molar-refractivity contribution in [3.05, 3.63) is 0 Å². The van der Waals surface area contributed by atoms with Gasteiger partial charge >= 0.3 is 7.75 Å². The molecule has 0 N–H and O–H groups in total. The molecule has 0 aromatic heterocycles. The Labute approximate surface area is 65.0 Å². The summed E-state index contributed by atoms with van der Waals surface area (Å²) < 4.78 is 23.3. The molecule has 0 spiro atoms. The summed E-state index contributed by atoms with van der Waals surface area (Å²) in [6.07, 6.45) is 1.14. The van der Waals surface area contributed by atoms with Gasteiger partial charge < -0.3 is 0 Å². The van der Waals surface area contributed by atoms with Crippen LogP contribution < -0.4 is 0 Å². The van der Waals surface area contributed by atoms with Crippen LogP contribution in [0.3, 0.4) is 0 Å². The lowest BCUT2D eigenvalue weighted by atomic mass is 10.9. The quantitative estimate of drug-likeness (QED) is 0.364. The molecule has 0 heterocycles. The van der Waals surface area contributed by atoms with E-state index in [2.05, 4.69) is 13.8 Å². The number of nitrogens with zero attached hydrogens (tertiary/aromatic N) is 1. The molecule has 0 amide bonds. The number of rotatable bonds is 5. The van der Waals surface area contributed by atoms with Crippen molar-refractivity contribution in [2.24, 2.45) is 4.76 Å². The Balaban J connectivity index is 4.25. The molecule has 0 aliphatic rings. The van der Waals surface area contributed by atoms with E-state index in [0.29, 0.717) is 0 Å². The zero-order chi connectivity index (χ0) is 8.74. The molecule has 0 unspecified atom stereocenters. The first-order valence-corrected chi connectivity index (χ1v) is 4.66. The van der Waals surface area contributed by atoms with Crippen LogP contribution in [0.1, 0.15) is 13.8 Å². The second-order valence-corrected chi connectivity index (χ2v) is 3.15. The summed E-state index contributed by atoms with van der Waals surface area (Å²) in [6.45, 7) is 3.63. The van der Waals surface area contributed by atoms with E-state index in [0.717, 1.165) is 6.08 Å². The molecule has 0 saturated heterocycles. The third-order valence-corrected chi connectivity index (χ3v) is 2.24. The van der Waals surface area contributed by atoms with Crippen molar-refractivity contribution in [3.8, 4) is 0 Å². The summed E-state index contributed by atoms with van der Waals surface area (Å²) in [5.41, 5.74) is 0. The fraction of sp³-hybridized carbons (Fsp3) is 0.800. The molecule has 0 aliphatic carbocycles. The lowest BCUT2D eigenvalue weighted by molar-refractivity contribution is 0.221. The minimum Gasteiger partial charge on any atom is -0.291 e. The Bertz CT molecular complexity index is 189. The molecule has 0 rings (SSSR count). The van der Waals surface area contributed by atoms with Gasteiger partial charge in [-0.2, -0.15) is 0 Å². The first-order chi connectivity index (χ1) is 5.18. The molecule has 0 radical (unpaired) electrons. The zero-order valence-electron chi connectivity index (χ0n) is 6.44. The number of hydrogen-bond donors (Lipinski definition) is 0. The van der Waals surface area contributed by atoms with Crippen LogP contribution in [0.5, 0.6) is 0 Å². The second-order valence-electron chi connectivity index (χ2n) is 1.50. The van der Waals surface area contributed by atoms with Crippen LogP contribution >= 0.6 is 7.75 Å². The molecule has 11 heavy (non-hydrogen) atoms. The third kappa shape index (κ3) is 4.06. The predicted octanol–water partition coefficient (Wildman–Crippen LogP) is 1.50. The fourth-order valence-corrected chi connectivity index (χ4v) is 1.41. The SMILES string of the molecule is CCOP(=O)(N=C=O)OCC. The summed E-state index contributed by atoms with van der Waals surface area (Å²) >= 11 is 0. The normalized spacial score (nSPS) is 10.7. The van der Waals surface area contributed by atoms with Gasteiger partial charge in [0.2, 0.25) is 6.08 Å². The van der Waals surface area contributed by atoms with Gasteiger partial charge in [-0.1, -0.05) is 4.76 Å². The minimum absolute atomic E-state index is 0.183. The second kappa shape index (κ2) is 5.22. The maximum Gasteiger partial charge on any atom is 0.464 e. The number of carbonyl (C=O) groups excluding carboxylic acids is 1. The summed E-state index contributed by atoms with van der Waals surface area (Å²) in [5.74, 6) is 0. The highest BCUT2D eigenvalue weighted by Gasteiger charge is 2.21. The predicted molar refractivity (Wildman–Crippen MR) is 39.0 cm³/mol. The van der Waals surface area contributed by atoms with Crippen LogP contribution in [0.4, 0.5) is 0 Å². The highest BCUT2D eigenvalue weighted by atomic mass is 31.2. The summed E-state index contributed by atoms with van der Waals surface area (Å²) in [4.78, 5) is 9.75. The van der Waals surface area contributed by atoms with Crippen LogP contribution in [0, 0.1) is 0 Å². The van der Waals surface area contributed by atoms with Gasteiger partial charge in [-0.3, -0.25) is 9.05 Å². The van der Waals surface area contributed by atoms with Gasteiger partial charge in [-0.05, 0) is 13.8 Å². The summed E-state index contributed by atoms with van der Waals surface area (Å²) in [5, 5.41) is 0. The molecule has 5 nitrogen and oxygen atoms in total. The maximum atomic E-state index is 11.1. The van der Waals surface area contributed by atoms with E-state index in [9.17, 15) is 9.36 Å². The fourth-order valence-electron chi connectivity index (χ4n) is 0.471. The average Bonchev–Trinajstić information content (AvgIpc) is 1.88. The van der Waals surface area contributed by atoms with Crippen LogP contribution in [0.25, 0.3) is 0 Å². The first kappa shape index (κ1) is 10.5. The maximum absolute atomic E-state index is 11.1. The molecule has 0 bridgehead atoms. The third-order valence-electron chi connectivity index (χ3n) is 0.748. The Kier molecular flexibility index (Phi) is 4.99. The van der Waals surface area contributed by atoms with Crippen molar-refractivity contribution in [1.29, 1.82) is 0 Å². The van der Waals surface area contributed by atoms with E-state index in [1.807, 2.05) is 0 Å². The van der Waals surface area contributed by atoms with Crippen molar-refractivity contribution >= 4 is 13.8 Å². The number of isocyanates is 1. The van der Waals surface area contributed by atoms with Crippen LogP contribution in [0.2, 0.25) is 0 Å². The van der Waals surface area contributed by atoms with E-state index < -0.39 is 7.75 Å². The minimum atomic E-state index is -3.52. The topological polar surface area (TPSA) is 65.0 Å². The molecule has 0 fully saturated rings. The molecule has 0 saturated carbocycles. The number of hydrogen-bond acceptors (Lipinski definition) is 4. The molecule has 0 aliphatic heterocycles. The Hall–Kier alpha value is -0.470. The monoisotopic (exact) mass is 179 g/mol. The van der Waals surface area contributed by atoms with Crippen molar-refractivity contribution in [3.63, 3.8) is 0 Å². The lowest BCUT2D eigenvalue weighted by Crippen LogP contribution is -1.92. The van der Waals surface area contributed by atoms with Crippen LogP contribution in [-0.4, -0.2) is 19.3 Å². The Morgan fingerprint density at radius 1 is 1.36 bits per heavy atom. The van der Waals surface area contributed by atoms with Crippen LogP contribution in [-0.2, 0) is 18.4 Å². The highest BCUT2D eigenvalue weighted by molar-refractivity contribution is 7.52. The van der Waals surface area contributed by atoms with Crippen molar-refractivity contribution in [2.45, 2.75) is 13.8 Å². The lowest BCUT2D eigenvalue weighted by Gasteiger charge is -2.08. The van der Waals surface area contributed by atoms with Crippen LogP contribution in [0.15, 0.2) is 4.76 Å². The van der Waals surface area contributed by atoms with Crippen molar-refractivity contribution in [2.75, 3.05) is 13.2 Å². The van der Waals surface area contributed by atoms with E-state index in [1.54, 1.807) is 13.8 Å². The Morgan fingerprint density at radius 2 is 1.82 bits per heavy atom. The molecular formula is C5H10NO4P. The van der Waals surface area contributed by atoms with Gasteiger partial charge in [0.25, 0.3) is 0 Å². The Morgan fingerprint density at radius 3 is 2.09 bits per heavy atom. The zero-order valence-corrected chi connectivity index (χ0v) is 7.34. The van der Waals surface area contributed by atoms with Gasteiger partial charge in [0.05, 0.1) is 13.2 Å². The highest BCUT2D eigenvalue weighted by Crippen LogP contribution is 2.48. The largest absolute Gasteiger partial charge is 0.464 e. The average molecular weight is 179 g/mol. The molecule has 64 valence electrons. The first-order valence-electron chi connectivity index (χ1n) is 3.17. The smallest absolute Gasteiger partial charge is 0.291 e. The van der Waals surface area contributed by atoms with Crippen molar-refractivity contribution < 1.29 is 18.4 Å². The van der Waals surface area contributed by atoms with E-state index in [-0.39, 0.29) is 13.2 Å². The van der Waals surface area contributed by atoms with Gasteiger partial charge in [-0.25, -0.2) is 9.36 Å². The molecule has 0 aromatic carbocycles. The van der Waals surface area contributed by atoms with E-state index in [4.69, 9.17) is 0 Å². The summed E-state index contributed by atoms with van der Waals surface area (Å²) in [7, 11) is -3.52. The molecular weight excluding hydrogens is 169 g/mol. The summed E-state index contributed by atoms with van der Waals surface area (Å²) in [6, 6.07) is 0. The van der Waals surface area contributed by atoms with Gasteiger partial charge in [-0.15, -0.1) is 0 Å². The standard InChI is InChI=1S/C5H10NO4P/c1-3-9-11(8,6-5-7)10-4-2/h3-4H2,1-2H3. The van der Waals surface area contributed by atoms with E-state index >= 15 is 0 Å². The molecule has 6 heteroatoms. The molecule has 0 atom stereocenters. The van der Waals surface area contributed by atoms with Gasteiger partial charge in [0.1, 0.15) is 0 Å².